The number of nitrogens with two attached hydrogens (primary N) is 1. The van der Waals surface area contributed by atoms with Crippen LogP contribution in [-0.2, 0) is 24.9 Å². The highest BCUT2D eigenvalue weighted by atomic mass is 33.1. The number of aromatic nitrogens is 4. The molecule has 9 nitrogen and oxygen atoms in total. The lowest BCUT2D eigenvalue weighted by molar-refractivity contribution is 0.0675. The normalized spacial score (nSPS) is 13.2. The van der Waals surface area contributed by atoms with Gasteiger partial charge in [-0.15, -0.1) is 0 Å². The minimum absolute atomic E-state index is 0.105. The topological polar surface area (TPSA) is 114 Å². The van der Waals surface area contributed by atoms with E-state index >= 15 is 0 Å². The van der Waals surface area contributed by atoms with E-state index in [0.717, 1.165) is 11.5 Å². The average Bonchev–Trinajstić information content (AvgIpc) is 3.12. The Bertz CT molecular complexity index is 783. The van der Waals surface area contributed by atoms with Crippen LogP contribution in [0.25, 0.3) is 11.2 Å². The van der Waals surface area contributed by atoms with E-state index in [2.05, 4.69) is 15.0 Å². The van der Waals surface area contributed by atoms with Crippen LogP contribution in [0.4, 0.5) is 5.82 Å². The second kappa shape index (κ2) is 13.3. The van der Waals surface area contributed by atoms with Gasteiger partial charge in [-0.25, -0.2) is 15.0 Å². The van der Waals surface area contributed by atoms with Crippen molar-refractivity contribution in [2.75, 3.05) is 49.3 Å². The van der Waals surface area contributed by atoms with Crippen molar-refractivity contribution in [2.24, 2.45) is 0 Å². The van der Waals surface area contributed by atoms with Crippen molar-refractivity contribution in [1.82, 2.24) is 19.5 Å². The first-order chi connectivity index (χ1) is 14.0. The lowest BCUT2D eigenvalue weighted by atomic mass is 10.4. The minimum Gasteiger partial charge on any atom is -0.382 e. The molecular formula is C15H26N5O4PS4. The van der Waals surface area contributed by atoms with Crippen LogP contribution >= 0.6 is 50.8 Å². The highest BCUT2D eigenvalue weighted by molar-refractivity contribution is 8.76. The maximum Gasteiger partial charge on any atom is 0.356 e. The van der Waals surface area contributed by atoms with Crippen molar-refractivity contribution >= 4 is 67.8 Å². The van der Waals surface area contributed by atoms with Crippen LogP contribution in [0.3, 0.4) is 0 Å². The highest BCUT2D eigenvalue weighted by Crippen LogP contribution is 2.48. The van der Waals surface area contributed by atoms with E-state index in [1.54, 1.807) is 49.5 Å². The van der Waals surface area contributed by atoms with Gasteiger partial charge in [0.15, 0.2) is 11.5 Å². The molecule has 0 saturated heterocycles. The zero-order chi connectivity index (χ0) is 21.1. The minimum atomic E-state index is -3.34. The van der Waals surface area contributed by atoms with Crippen LogP contribution in [0, 0.1) is 0 Å². The molecule has 0 bridgehead atoms. The molecule has 29 heavy (non-hydrogen) atoms. The second-order valence-electron chi connectivity index (χ2n) is 5.69. The molecule has 164 valence electrons. The van der Waals surface area contributed by atoms with Gasteiger partial charge in [0.2, 0.25) is 0 Å². The molecule has 0 amide bonds. The summed E-state index contributed by atoms with van der Waals surface area (Å²) in [6.07, 6.45) is 6.65. The lowest BCUT2D eigenvalue weighted by Crippen LogP contribution is -2.18. The fraction of sp³-hybridized carbons (Fsp3) is 0.667. The Morgan fingerprint density at radius 3 is 2.41 bits per heavy atom. The maximum atomic E-state index is 13.0. The largest absolute Gasteiger partial charge is 0.382 e. The molecule has 1 atom stereocenters. The smallest absolute Gasteiger partial charge is 0.356 e. The molecule has 14 heteroatoms. The first kappa shape index (κ1) is 25.1. The summed E-state index contributed by atoms with van der Waals surface area (Å²) in [5, 5.41) is 0. The van der Waals surface area contributed by atoms with Crippen molar-refractivity contribution in [3.8, 4) is 0 Å². The number of fused-ring (bicyclic) bond motifs is 1. The molecule has 0 aliphatic carbocycles. The van der Waals surface area contributed by atoms with Gasteiger partial charge in [0.05, 0.1) is 32.2 Å². The first-order valence-corrected chi connectivity index (χ1v) is 15.9. The van der Waals surface area contributed by atoms with Crippen LogP contribution in [0.15, 0.2) is 12.7 Å². The molecule has 2 N–H and O–H groups in total. The summed E-state index contributed by atoms with van der Waals surface area (Å²) in [7, 11) is 3.23. The van der Waals surface area contributed by atoms with E-state index in [4.69, 9.17) is 19.5 Å². The maximum absolute atomic E-state index is 13.0. The summed E-state index contributed by atoms with van der Waals surface area (Å²) in [5.74, 6) is 1.79. The Balaban J connectivity index is 1.91. The first-order valence-electron chi connectivity index (χ1n) is 8.71. The van der Waals surface area contributed by atoms with Gasteiger partial charge >= 0.3 is 7.60 Å². The predicted octanol–water partition coefficient (Wildman–Crippen LogP) is 4.02. The van der Waals surface area contributed by atoms with Crippen LogP contribution in [0.2, 0.25) is 0 Å². The van der Waals surface area contributed by atoms with E-state index in [1.165, 1.54) is 6.33 Å². The van der Waals surface area contributed by atoms with E-state index in [1.807, 2.05) is 24.0 Å². The SMILES string of the molecule is CSSCCOP(=O)(CO[C@H](C)Cn1cnc2c(N)ncnc21)OCCSSC. The number of hydrogen-bond donors (Lipinski definition) is 1. The van der Waals surface area contributed by atoms with E-state index in [9.17, 15) is 4.57 Å². The monoisotopic (exact) mass is 499 g/mol. The molecule has 0 saturated carbocycles. The molecule has 2 aromatic rings. The van der Waals surface area contributed by atoms with Gasteiger partial charge in [0.1, 0.15) is 18.2 Å². The van der Waals surface area contributed by atoms with Crippen molar-refractivity contribution in [3.05, 3.63) is 12.7 Å². The fourth-order valence-electron chi connectivity index (χ4n) is 2.28. The Kier molecular flexibility index (Phi) is 11.5. The van der Waals surface area contributed by atoms with Crippen LogP contribution < -0.4 is 5.73 Å². The van der Waals surface area contributed by atoms with Crippen molar-refractivity contribution in [2.45, 2.75) is 19.6 Å². The number of rotatable bonds is 15. The number of anilines is 1. The molecule has 0 unspecified atom stereocenters. The van der Waals surface area contributed by atoms with Crippen molar-refractivity contribution < 1.29 is 18.3 Å². The van der Waals surface area contributed by atoms with Crippen LogP contribution in [-0.4, -0.2) is 69.2 Å². The molecule has 0 radical (unpaired) electrons. The molecule has 0 aliphatic rings. The van der Waals surface area contributed by atoms with Crippen LogP contribution in [0.1, 0.15) is 6.92 Å². The zero-order valence-electron chi connectivity index (χ0n) is 16.6. The van der Waals surface area contributed by atoms with Gasteiger partial charge in [-0.1, -0.05) is 43.2 Å². The number of imidazole rings is 1. The van der Waals surface area contributed by atoms with Gasteiger partial charge in [0.25, 0.3) is 0 Å². The summed E-state index contributed by atoms with van der Waals surface area (Å²) < 4.78 is 31.9. The Morgan fingerprint density at radius 2 is 1.79 bits per heavy atom. The van der Waals surface area contributed by atoms with E-state index in [0.29, 0.717) is 36.7 Å². The summed E-state index contributed by atoms with van der Waals surface area (Å²) >= 11 is 0. The molecule has 0 aromatic carbocycles. The number of nitrogen functional groups attached to an aromatic ring is 1. The standard InChI is InChI=1S/C15H26N5O4PS4/c1-12(8-20-10-19-13-14(16)17-9-18-15(13)20)22-11-25(21,23-4-6-28-26-2)24-5-7-29-27-3/h9-10,12H,4-8,11H2,1-3H3,(H2,16,17,18)/t12-/m1/s1. The quantitative estimate of drug-likeness (QED) is 0.217. The van der Waals surface area contributed by atoms with Crippen molar-refractivity contribution in [1.29, 1.82) is 0 Å². The number of ether oxygens (including phenoxy) is 1. The van der Waals surface area contributed by atoms with Gasteiger partial charge < -0.3 is 24.1 Å². The van der Waals surface area contributed by atoms with Gasteiger partial charge in [0, 0.05) is 11.5 Å². The predicted molar refractivity (Wildman–Crippen MR) is 127 cm³/mol. The summed E-state index contributed by atoms with van der Waals surface area (Å²) in [5.41, 5.74) is 7.00. The van der Waals surface area contributed by atoms with E-state index in [-0.39, 0.29) is 12.5 Å². The van der Waals surface area contributed by atoms with E-state index < -0.39 is 7.60 Å². The van der Waals surface area contributed by atoms with Gasteiger partial charge in [-0.3, -0.25) is 4.57 Å². The molecule has 0 aliphatic heterocycles. The molecular weight excluding hydrogens is 473 g/mol. The van der Waals surface area contributed by atoms with Crippen LogP contribution in [0.5, 0.6) is 0 Å². The lowest BCUT2D eigenvalue weighted by Gasteiger charge is -2.21. The van der Waals surface area contributed by atoms with Gasteiger partial charge in [-0.05, 0) is 19.4 Å². The third kappa shape index (κ3) is 8.48. The third-order valence-corrected chi connectivity index (χ3v) is 8.72. The number of hydrogen-bond acceptors (Lipinski definition) is 12. The highest BCUT2D eigenvalue weighted by Gasteiger charge is 2.26. The fourth-order valence-corrected chi connectivity index (χ4v) is 5.97. The Hall–Kier alpha value is -0.140. The molecule has 2 rings (SSSR count). The average molecular weight is 500 g/mol. The summed E-state index contributed by atoms with van der Waals surface area (Å²) in [6.45, 7) is 3.04. The molecule has 0 spiro atoms. The summed E-state index contributed by atoms with van der Waals surface area (Å²) in [6, 6.07) is 0. The Morgan fingerprint density at radius 1 is 1.14 bits per heavy atom. The van der Waals surface area contributed by atoms with Crippen molar-refractivity contribution in [3.63, 3.8) is 0 Å². The Labute approximate surface area is 186 Å². The molecule has 0 fully saturated rings. The molecule has 2 heterocycles. The summed E-state index contributed by atoms with van der Waals surface area (Å²) in [4.78, 5) is 12.4. The number of nitrogens with zero attached hydrogens (tertiary/aromatic N) is 4. The third-order valence-electron chi connectivity index (χ3n) is 3.55. The zero-order valence-corrected chi connectivity index (χ0v) is 20.7. The second-order valence-corrected chi connectivity index (χ2v) is 13.1. The molecule has 2 aromatic heterocycles. The van der Waals surface area contributed by atoms with Gasteiger partial charge in [-0.2, -0.15) is 0 Å².